The number of hydrogen-bond donors (Lipinski definition) is 1. The Balaban J connectivity index is 1.67. The van der Waals surface area contributed by atoms with Crippen molar-refractivity contribution in [2.45, 2.75) is 13.1 Å². The third kappa shape index (κ3) is 4.44. The molecular formula is C21H21N3O. The van der Waals surface area contributed by atoms with Crippen LogP contribution in [0.3, 0.4) is 0 Å². The first-order chi connectivity index (χ1) is 12.2. The number of urea groups is 1. The number of nitrogens with one attached hydrogen (secondary N) is 1. The Morgan fingerprint density at radius 3 is 2.44 bits per heavy atom. The lowest BCUT2D eigenvalue weighted by molar-refractivity contribution is 0.206. The zero-order valence-electron chi connectivity index (χ0n) is 14.2. The van der Waals surface area contributed by atoms with Crippen LogP contribution >= 0.6 is 0 Å². The van der Waals surface area contributed by atoms with Gasteiger partial charge in [0.2, 0.25) is 0 Å². The lowest BCUT2D eigenvalue weighted by Crippen LogP contribution is -2.36. The van der Waals surface area contributed by atoms with E-state index in [1.807, 2.05) is 48.5 Å². The number of carbonyl (C=O) groups is 1. The standard InChI is InChI=1S/C21H21N3O/c1-24(21(25)23-15-19-12-7-8-14-22-19)16-18-11-5-6-13-20(18)17-9-3-2-4-10-17/h2-14H,15-16H2,1H3,(H,23,25). The molecule has 0 radical (unpaired) electrons. The van der Waals surface area contributed by atoms with Gasteiger partial charge in [-0.25, -0.2) is 4.79 Å². The Labute approximate surface area is 148 Å². The van der Waals surface area contributed by atoms with E-state index in [0.29, 0.717) is 13.1 Å². The van der Waals surface area contributed by atoms with Gasteiger partial charge in [0, 0.05) is 19.8 Å². The highest BCUT2D eigenvalue weighted by Gasteiger charge is 2.12. The van der Waals surface area contributed by atoms with Crippen molar-refractivity contribution >= 4 is 6.03 Å². The molecule has 3 aromatic rings. The number of aromatic nitrogens is 1. The summed E-state index contributed by atoms with van der Waals surface area (Å²) in [4.78, 5) is 18.3. The summed E-state index contributed by atoms with van der Waals surface area (Å²) in [6, 6.07) is 23.9. The molecule has 0 aliphatic rings. The molecule has 4 nitrogen and oxygen atoms in total. The van der Waals surface area contributed by atoms with E-state index in [-0.39, 0.29) is 6.03 Å². The van der Waals surface area contributed by atoms with Crippen LogP contribution in [0.2, 0.25) is 0 Å². The van der Waals surface area contributed by atoms with Crippen molar-refractivity contribution < 1.29 is 4.79 Å². The van der Waals surface area contributed by atoms with E-state index < -0.39 is 0 Å². The lowest BCUT2D eigenvalue weighted by atomic mass is 9.99. The van der Waals surface area contributed by atoms with E-state index in [9.17, 15) is 4.79 Å². The SMILES string of the molecule is CN(Cc1ccccc1-c1ccccc1)C(=O)NCc1ccccn1. The molecule has 4 heteroatoms. The van der Waals surface area contributed by atoms with Crippen LogP contribution in [-0.2, 0) is 13.1 Å². The number of pyridine rings is 1. The second kappa shape index (κ2) is 8.11. The maximum absolute atomic E-state index is 12.4. The second-order valence-corrected chi connectivity index (χ2v) is 5.86. The predicted octanol–water partition coefficient (Wildman–Crippen LogP) is 4.09. The maximum atomic E-state index is 12.4. The van der Waals surface area contributed by atoms with E-state index in [1.165, 1.54) is 0 Å². The summed E-state index contributed by atoms with van der Waals surface area (Å²) in [6.45, 7) is 0.962. The molecule has 1 N–H and O–H groups in total. The van der Waals surface area contributed by atoms with Gasteiger partial charge >= 0.3 is 6.03 Å². The van der Waals surface area contributed by atoms with Crippen LogP contribution in [0.1, 0.15) is 11.3 Å². The van der Waals surface area contributed by atoms with Crippen molar-refractivity contribution in [3.05, 3.63) is 90.3 Å². The third-order valence-corrected chi connectivity index (χ3v) is 4.00. The van der Waals surface area contributed by atoms with Crippen LogP contribution in [0.15, 0.2) is 79.0 Å². The van der Waals surface area contributed by atoms with E-state index in [1.54, 1.807) is 18.1 Å². The average Bonchev–Trinajstić information content (AvgIpc) is 2.68. The van der Waals surface area contributed by atoms with Gasteiger partial charge in [0.25, 0.3) is 0 Å². The first-order valence-electron chi connectivity index (χ1n) is 8.26. The highest BCUT2D eigenvalue weighted by atomic mass is 16.2. The minimum atomic E-state index is -0.117. The van der Waals surface area contributed by atoms with Gasteiger partial charge in [-0.1, -0.05) is 60.7 Å². The van der Waals surface area contributed by atoms with Crippen molar-refractivity contribution in [2.75, 3.05) is 7.05 Å². The van der Waals surface area contributed by atoms with Crippen LogP contribution in [0, 0.1) is 0 Å². The average molecular weight is 331 g/mol. The van der Waals surface area contributed by atoms with Crippen LogP contribution in [0.25, 0.3) is 11.1 Å². The van der Waals surface area contributed by atoms with Crippen molar-refractivity contribution in [1.29, 1.82) is 0 Å². The summed E-state index contributed by atoms with van der Waals surface area (Å²) < 4.78 is 0. The van der Waals surface area contributed by atoms with E-state index in [4.69, 9.17) is 0 Å². The summed E-state index contributed by atoms with van der Waals surface area (Å²) in [5.74, 6) is 0. The topological polar surface area (TPSA) is 45.2 Å². The highest BCUT2D eigenvalue weighted by Crippen LogP contribution is 2.24. The fraction of sp³-hybridized carbons (Fsp3) is 0.143. The molecule has 0 bridgehead atoms. The van der Waals surface area contributed by atoms with Gasteiger partial charge in [0.1, 0.15) is 0 Å². The molecule has 126 valence electrons. The fourth-order valence-corrected chi connectivity index (χ4v) is 2.69. The number of rotatable bonds is 5. The fourth-order valence-electron chi connectivity index (χ4n) is 2.69. The van der Waals surface area contributed by atoms with Gasteiger partial charge in [0.05, 0.1) is 12.2 Å². The van der Waals surface area contributed by atoms with Crippen molar-refractivity contribution in [3.8, 4) is 11.1 Å². The van der Waals surface area contributed by atoms with Gasteiger partial charge in [-0.3, -0.25) is 4.98 Å². The Morgan fingerprint density at radius 2 is 1.68 bits per heavy atom. The van der Waals surface area contributed by atoms with Gasteiger partial charge in [-0.15, -0.1) is 0 Å². The molecule has 0 aliphatic carbocycles. The number of carbonyl (C=O) groups excluding carboxylic acids is 1. The molecule has 0 fully saturated rings. The molecule has 0 saturated heterocycles. The molecule has 0 spiro atoms. The molecule has 0 saturated carbocycles. The number of benzene rings is 2. The van der Waals surface area contributed by atoms with Crippen LogP contribution in [-0.4, -0.2) is 23.0 Å². The Kier molecular flexibility index (Phi) is 5.42. The molecular weight excluding hydrogens is 310 g/mol. The smallest absolute Gasteiger partial charge is 0.317 e. The Bertz CT molecular complexity index is 819. The number of hydrogen-bond acceptors (Lipinski definition) is 2. The first-order valence-corrected chi connectivity index (χ1v) is 8.26. The maximum Gasteiger partial charge on any atom is 0.317 e. The summed E-state index contributed by atoms with van der Waals surface area (Å²) in [7, 11) is 1.80. The minimum Gasteiger partial charge on any atom is -0.332 e. The van der Waals surface area contributed by atoms with Crippen molar-refractivity contribution in [2.24, 2.45) is 0 Å². The van der Waals surface area contributed by atoms with Gasteiger partial charge < -0.3 is 10.2 Å². The molecule has 0 unspecified atom stereocenters. The molecule has 1 aromatic heterocycles. The summed E-state index contributed by atoms with van der Waals surface area (Å²) in [6.07, 6.45) is 1.72. The first kappa shape index (κ1) is 16.7. The molecule has 3 rings (SSSR count). The third-order valence-electron chi connectivity index (χ3n) is 4.00. The summed E-state index contributed by atoms with van der Waals surface area (Å²) in [5.41, 5.74) is 4.26. The van der Waals surface area contributed by atoms with Gasteiger partial charge in [0.15, 0.2) is 0 Å². The summed E-state index contributed by atoms with van der Waals surface area (Å²) in [5, 5.41) is 2.90. The molecule has 0 atom stereocenters. The van der Waals surface area contributed by atoms with E-state index in [0.717, 1.165) is 22.4 Å². The van der Waals surface area contributed by atoms with E-state index >= 15 is 0 Å². The van der Waals surface area contributed by atoms with Crippen LogP contribution < -0.4 is 5.32 Å². The predicted molar refractivity (Wildman–Crippen MR) is 99.8 cm³/mol. The molecule has 0 aliphatic heterocycles. The van der Waals surface area contributed by atoms with E-state index in [2.05, 4.69) is 34.6 Å². The monoisotopic (exact) mass is 331 g/mol. The quantitative estimate of drug-likeness (QED) is 0.765. The zero-order chi connectivity index (χ0) is 17.5. The lowest BCUT2D eigenvalue weighted by Gasteiger charge is -2.20. The number of amides is 2. The minimum absolute atomic E-state index is 0.117. The number of nitrogens with zero attached hydrogens (tertiary/aromatic N) is 2. The van der Waals surface area contributed by atoms with Crippen molar-refractivity contribution in [1.82, 2.24) is 15.2 Å². The normalized spacial score (nSPS) is 10.3. The molecule has 25 heavy (non-hydrogen) atoms. The zero-order valence-corrected chi connectivity index (χ0v) is 14.2. The Hall–Kier alpha value is -3.14. The van der Waals surface area contributed by atoms with Crippen LogP contribution in [0.5, 0.6) is 0 Å². The van der Waals surface area contributed by atoms with Gasteiger partial charge in [-0.05, 0) is 28.8 Å². The second-order valence-electron chi connectivity index (χ2n) is 5.86. The largest absolute Gasteiger partial charge is 0.332 e. The molecule has 1 heterocycles. The van der Waals surface area contributed by atoms with Gasteiger partial charge in [-0.2, -0.15) is 0 Å². The van der Waals surface area contributed by atoms with Crippen LogP contribution in [0.4, 0.5) is 4.79 Å². The Morgan fingerprint density at radius 1 is 0.960 bits per heavy atom. The summed E-state index contributed by atoms with van der Waals surface area (Å²) >= 11 is 0. The molecule has 2 amide bonds. The molecule has 2 aromatic carbocycles. The van der Waals surface area contributed by atoms with Crippen molar-refractivity contribution in [3.63, 3.8) is 0 Å². The highest BCUT2D eigenvalue weighted by molar-refractivity contribution is 5.74.